The standard InChI is InChI=1S/C25H28BrN7O2/c1-4-15-32(24-21(25(34)35-6-3)22(26)33(5-2)29-24)16-17-11-13-18(14-12-17)19-9-7-8-10-20(19)23-27-30-31-28-23/h7-14H,4-6,15-16H2,1-3H3,(H,27,28,30,31). The first kappa shape index (κ1) is 24.6. The summed E-state index contributed by atoms with van der Waals surface area (Å²) in [6.07, 6.45) is 0.912. The largest absolute Gasteiger partial charge is 0.462 e. The maximum Gasteiger partial charge on any atom is 0.344 e. The van der Waals surface area contributed by atoms with Gasteiger partial charge in [0, 0.05) is 25.2 Å². The maximum absolute atomic E-state index is 12.8. The number of tetrazole rings is 1. The third-order valence-electron chi connectivity index (χ3n) is 5.60. The zero-order valence-electron chi connectivity index (χ0n) is 20.0. The van der Waals surface area contributed by atoms with Crippen molar-refractivity contribution in [3.8, 4) is 22.5 Å². The Morgan fingerprint density at radius 3 is 2.46 bits per heavy atom. The van der Waals surface area contributed by atoms with Crippen LogP contribution in [-0.2, 0) is 17.8 Å². The summed E-state index contributed by atoms with van der Waals surface area (Å²) in [5.74, 6) is 0.816. The number of rotatable bonds is 10. The van der Waals surface area contributed by atoms with E-state index in [0.717, 1.165) is 35.2 Å². The molecule has 0 atom stereocenters. The molecule has 0 radical (unpaired) electrons. The number of hydrogen-bond acceptors (Lipinski definition) is 7. The summed E-state index contributed by atoms with van der Waals surface area (Å²) < 4.78 is 7.75. The summed E-state index contributed by atoms with van der Waals surface area (Å²) in [6.45, 7) is 8.22. The Balaban J connectivity index is 1.63. The molecule has 0 saturated carbocycles. The van der Waals surface area contributed by atoms with Crippen LogP contribution in [0.3, 0.4) is 0 Å². The van der Waals surface area contributed by atoms with E-state index in [4.69, 9.17) is 9.84 Å². The van der Waals surface area contributed by atoms with Crippen molar-refractivity contribution in [2.24, 2.45) is 0 Å². The predicted molar refractivity (Wildman–Crippen MR) is 138 cm³/mol. The number of benzene rings is 2. The normalized spacial score (nSPS) is 11.0. The van der Waals surface area contributed by atoms with Crippen molar-refractivity contribution in [3.05, 3.63) is 64.3 Å². The molecular formula is C25H28BrN7O2. The number of H-pyrrole nitrogens is 1. The topological polar surface area (TPSA) is 102 Å². The van der Waals surface area contributed by atoms with Gasteiger partial charge in [0.15, 0.2) is 5.82 Å². The van der Waals surface area contributed by atoms with Crippen LogP contribution in [0.2, 0.25) is 0 Å². The highest BCUT2D eigenvalue weighted by Gasteiger charge is 2.27. The molecule has 0 spiro atoms. The van der Waals surface area contributed by atoms with Crippen molar-refractivity contribution in [3.63, 3.8) is 0 Å². The van der Waals surface area contributed by atoms with Crippen molar-refractivity contribution in [1.29, 1.82) is 0 Å². The highest BCUT2D eigenvalue weighted by atomic mass is 79.9. The SMILES string of the molecule is CCCN(Cc1ccc(-c2ccccc2-c2nn[nH]n2)cc1)c1nn(CC)c(Br)c1C(=O)OCC. The van der Waals surface area contributed by atoms with Crippen LogP contribution >= 0.6 is 15.9 Å². The fourth-order valence-corrected chi connectivity index (χ4v) is 4.65. The lowest BCUT2D eigenvalue weighted by atomic mass is 9.98. The predicted octanol–water partition coefficient (Wildman–Crippen LogP) is 5.11. The minimum atomic E-state index is -0.372. The number of aromatic nitrogens is 6. The number of nitrogens with zero attached hydrogens (tertiary/aromatic N) is 6. The number of nitrogens with one attached hydrogen (secondary N) is 1. The summed E-state index contributed by atoms with van der Waals surface area (Å²) >= 11 is 3.55. The Morgan fingerprint density at radius 1 is 1.09 bits per heavy atom. The van der Waals surface area contributed by atoms with Gasteiger partial charge >= 0.3 is 5.97 Å². The molecule has 0 bridgehead atoms. The van der Waals surface area contributed by atoms with Gasteiger partial charge in [0.1, 0.15) is 10.2 Å². The molecule has 9 nitrogen and oxygen atoms in total. The molecule has 4 aromatic rings. The van der Waals surface area contributed by atoms with E-state index in [9.17, 15) is 4.79 Å². The molecule has 0 unspecified atom stereocenters. The maximum atomic E-state index is 12.8. The van der Waals surface area contributed by atoms with E-state index in [1.807, 2.05) is 31.2 Å². The van der Waals surface area contributed by atoms with Crippen LogP contribution in [0.1, 0.15) is 43.1 Å². The lowest BCUT2D eigenvalue weighted by molar-refractivity contribution is 0.0525. The van der Waals surface area contributed by atoms with Crippen molar-refractivity contribution in [2.45, 2.75) is 40.3 Å². The van der Waals surface area contributed by atoms with E-state index in [1.54, 1.807) is 11.6 Å². The van der Waals surface area contributed by atoms with E-state index < -0.39 is 0 Å². The van der Waals surface area contributed by atoms with Crippen molar-refractivity contribution in [2.75, 3.05) is 18.1 Å². The quantitative estimate of drug-likeness (QED) is 0.280. The molecule has 0 aliphatic rings. The van der Waals surface area contributed by atoms with Crippen LogP contribution in [-0.4, -0.2) is 49.5 Å². The summed E-state index contributed by atoms with van der Waals surface area (Å²) in [4.78, 5) is 14.9. The molecule has 0 fully saturated rings. The number of ether oxygens (including phenoxy) is 1. The highest BCUT2D eigenvalue weighted by Crippen LogP contribution is 2.32. The molecule has 0 aliphatic carbocycles. The first-order valence-corrected chi connectivity index (χ1v) is 12.5. The number of aryl methyl sites for hydroxylation is 1. The van der Waals surface area contributed by atoms with Crippen LogP contribution in [0.15, 0.2) is 53.1 Å². The van der Waals surface area contributed by atoms with Gasteiger partial charge in [-0.3, -0.25) is 4.68 Å². The monoisotopic (exact) mass is 537 g/mol. The summed E-state index contributed by atoms with van der Waals surface area (Å²) in [5.41, 5.74) is 4.57. The molecule has 4 rings (SSSR count). The van der Waals surface area contributed by atoms with Crippen LogP contribution < -0.4 is 4.90 Å². The van der Waals surface area contributed by atoms with Crippen molar-refractivity contribution < 1.29 is 9.53 Å². The third kappa shape index (κ3) is 5.27. The first-order chi connectivity index (χ1) is 17.1. The molecular weight excluding hydrogens is 510 g/mol. The van der Waals surface area contributed by atoms with E-state index >= 15 is 0 Å². The molecule has 0 aliphatic heterocycles. The number of esters is 1. The first-order valence-electron chi connectivity index (χ1n) is 11.7. The van der Waals surface area contributed by atoms with Gasteiger partial charge in [-0.2, -0.15) is 10.3 Å². The molecule has 1 N–H and O–H groups in total. The van der Waals surface area contributed by atoms with Gasteiger partial charge in [-0.1, -0.05) is 55.5 Å². The lowest BCUT2D eigenvalue weighted by Crippen LogP contribution is -2.26. The van der Waals surface area contributed by atoms with Crippen molar-refractivity contribution >= 4 is 27.7 Å². The van der Waals surface area contributed by atoms with Gasteiger partial charge in [0.05, 0.1) is 6.61 Å². The number of hydrogen-bond donors (Lipinski definition) is 1. The Morgan fingerprint density at radius 2 is 1.83 bits per heavy atom. The van der Waals surface area contributed by atoms with Gasteiger partial charge in [-0.25, -0.2) is 4.79 Å². The molecule has 2 aromatic carbocycles. The lowest BCUT2D eigenvalue weighted by Gasteiger charge is -2.23. The molecule has 182 valence electrons. The number of aromatic amines is 1. The fourth-order valence-electron chi connectivity index (χ4n) is 3.98. The van der Waals surface area contributed by atoms with E-state index in [0.29, 0.717) is 41.5 Å². The number of anilines is 1. The average molecular weight is 538 g/mol. The van der Waals surface area contributed by atoms with Gasteiger partial charge in [0.2, 0.25) is 5.82 Å². The molecule has 10 heteroatoms. The van der Waals surface area contributed by atoms with Crippen LogP contribution in [0.4, 0.5) is 5.82 Å². The van der Waals surface area contributed by atoms with E-state index in [2.05, 4.69) is 72.6 Å². The summed E-state index contributed by atoms with van der Waals surface area (Å²) in [7, 11) is 0. The average Bonchev–Trinajstić information content (AvgIpc) is 3.52. The molecule has 35 heavy (non-hydrogen) atoms. The molecule has 0 saturated heterocycles. The highest BCUT2D eigenvalue weighted by molar-refractivity contribution is 9.10. The van der Waals surface area contributed by atoms with E-state index in [1.165, 1.54) is 0 Å². The van der Waals surface area contributed by atoms with Gasteiger partial charge < -0.3 is 9.64 Å². The summed E-state index contributed by atoms with van der Waals surface area (Å²) in [6, 6.07) is 16.4. The second-order valence-corrected chi connectivity index (χ2v) is 8.68. The third-order valence-corrected chi connectivity index (χ3v) is 6.40. The minimum absolute atomic E-state index is 0.308. The molecule has 0 amide bonds. The van der Waals surface area contributed by atoms with Gasteiger partial charge in [-0.15, -0.1) is 10.2 Å². The molecule has 2 aromatic heterocycles. The Kier molecular flexibility index (Phi) is 7.91. The summed E-state index contributed by atoms with van der Waals surface area (Å²) in [5, 5.41) is 19.2. The number of carbonyl (C=O) groups is 1. The fraction of sp³-hybridized carbons (Fsp3) is 0.320. The minimum Gasteiger partial charge on any atom is -0.462 e. The Labute approximate surface area is 212 Å². The van der Waals surface area contributed by atoms with Crippen LogP contribution in [0.5, 0.6) is 0 Å². The van der Waals surface area contributed by atoms with Crippen LogP contribution in [0.25, 0.3) is 22.5 Å². The number of halogens is 1. The van der Waals surface area contributed by atoms with Gasteiger partial charge in [-0.05, 0) is 58.1 Å². The van der Waals surface area contributed by atoms with Gasteiger partial charge in [0.25, 0.3) is 0 Å². The smallest absolute Gasteiger partial charge is 0.344 e. The Bertz CT molecular complexity index is 1270. The number of carbonyl (C=O) groups excluding carboxylic acids is 1. The van der Waals surface area contributed by atoms with E-state index in [-0.39, 0.29) is 5.97 Å². The Hall–Kier alpha value is -3.53. The second-order valence-electron chi connectivity index (χ2n) is 7.93. The van der Waals surface area contributed by atoms with Crippen molar-refractivity contribution in [1.82, 2.24) is 30.4 Å². The van der Waals surface area contributed by atoms with Crippen LogP contribution in [0, 0.1) is 0 Å². The zero-order valence-corrected chi connectivity index (χ0v) is 21.6. The zero-order chi connectivity index (χ0) is 24.8. The second kappa shape index (κ2) is 11.3. The molecule has 2 heterocycles.